The minimum absolute atomic E-state index is 0.995. The Morgan fingerprint density at radius 2 is 0.958 bits per heavy atom. The normalized spacial score (nSPS) is 13.8. The molecule has 3 aromatic rings. The van der Waals surface area contributed by atoms with Crippen molar-refractivity contribution in [3.05, 3.63) is 81.9 Å². The number of anilines is 4. The van der Waals surface area contributed by atoms with Crippen molar-refractivity contribution in [3.63, 3.8) is 0 Å². The Balaban J connectivity index is 1.57. The van der Waals surface area contributed by atoms with Gasteiger partial charge in [-0.1, -0.05) is 35.4 Å². The largest absolute Gasteiger partial charge is 0.355 e. The lowest BCUT2D eigenvalue weighted by Gasteiger charge is -2.27. The summed E-state index contributed by atoms with van der Waals surface area (Å²) in [6, 6.07) is 18.0. The number of benzene rings is 3. The summed E-state index contributed by atoms with van der Waals surface area (Å²) in [6.45, 7) is 4.31. The number of nitrogens with one attached hydrogen (secondary N) is 2. The summed E-state index contributed by atoms with van der Waals surface area (Å²) in [5.41, 5.74) is 13.1. The molecule has 0 bridgehead atoms. The molecule has 0 saturated carbocycles. The van der Waals surface area contributed by atoms with E-state index in [9.17, 15) is 0 Å². The van der Waals surface area contributed by atoms with E-state index in [4.69, 9.17) is 0 Å². The molecule has 0 unspecified atom stereocenters. The fourth-order valence-electron chi connectivity index (χ4n) is 3.90. The van der Waals surface area contributed by atoms with Crippen LogP contribution < -0.4 is 10.6 Å². The van der Waals surface area contributed by atoms with Gasteiger partial charge in [-0.15, -0.1) is 0 Å². The Morgan fingerprint density at radius 1 is 0.542 bits per heavy atom. The second-order valence-electron chi connectivity index (χ2n) is 7.09. The molecule has 24 heavy (non-hydrogen) atoms. The monoisotopic (exact) mass is 312 g/mol. The van der Waals surface area contributed by atoms with Crippen LogP contribution in [0.5, 0.6) is 0 Å². The summed E-state index contributed by atoms with van der Waals surface area (Å²) in [7, 11) is 0. The molecule has 2 heterocycles. The van der Waals surface area contributed by atoms with Crippen molar-refractivity contribution in [1.82, 2.24) is 0 Å². The second-order valence-corrected chi connectivity index (χ2v) is 7.09. The van der Waals surface area contributed by atoms with E-state index in [1.54, 1.807) is 0 Å². The highest BCUT2D eigenvalue weighted by Gasteiger charge is 2.21. The van der Waals surface area contributed by atoms with E-state index in [1.807, 2.05) is 0 Å². The molecule has 0 saturated heterocycles. The first-order valence-corrected chi connectivity index (χ1v) is 8.54. The van der Waals surface area contributed by atoms with E-state index < -0.39 is 0 Å². The molecule has 2 aliphatic heterocycles. The molecule has 0 amide bonds. The molecule has 2 N–H and O–H groups in total. The minimum Gasteiger partial charge on any atom is -0.355 e. The van der Waals surface area contributed by atoms with Crippen LogP contribution in [0.25, 0.3) is 0 Å². The molecule has 2 nitrogen and oxygen atoms in total. The van der Waals surface area contributed by atoms with E-state index in [1.165, 1.54) is 56.1 Å². The van der Waals surface area contributed by atoms with Gasteiger partial charge in [0.15, 0.2) is 0 Å². The van der Waals surface area contributed by atoms with Gasteiger partial charge in [0.2, 0.25) is 0 Å². The summed E-state index contributed by atoms with van der Waals surface area (Å²) in [5.74, 6) is 0. The number of hydrogen-bond acceptors (Lipinski definition) is 2. The summed E-state index contributed by atoms with van der Waals surface area (Å²) in [6.07, 6.45) is 1.99. The summed E-state index contributed by atoms with van der Waals surface area (Å²) in [5, 5.41) is 7.25. The first-order chi connectivity index (χ1) is 11.7. The molecule has 0 spiro atoms. The van der Waals surface area contributed by atoms with Crippen molar-refractivity contribution in [2.75, 3.05) is 10.6 Å². The third-order valence-electron chi connectivity index (χ3n) is 5.15. The number of rotatable bonds is 0. The van der Waals surface area contributed by atoms with Crippen LogP contribution in [0.1, 0.15) is 33.4 Å². The first kappa shape index (κ1) is 13.7. The highest BCUT2D eigenvalue weighted by Crippen LogP contribution is 2.40. The van der Waals surface area contributed by atoms with Gasteiger partial charge in [0.05, 0.1) is 0 Å². The van der Waals surface area contributed by atoms with Gasteiger partial charge in [-0.05, 0) is 60.4 Å². The summed E-state index contributed by atoms with van der Waals surface area (Å²) >= 11 is 0. The van der Waals surface area contributed by atoms with E-state index in [0.717, 1.165) is 12.8 Å². The highest BCUT2D eigenvalue weighted by atomic mass is 14.9. The molecule has 118 valence electrons. The maximum absolute atomic E-state index is 3.63. The molecule has 0 atom stereocenters. The molecule has 2 aliphatic rings. The van der Waals surface area contributed by atoms with Crippen molar-refractivity contribution in [1.29, 1.82) is 0 Å². The quantitative estimate of drug-likeness (QED) is 0.389. The third kappa shape index (κ3) is 2.10. The molecule has 0 radical (unpaired) electrons. The molecular weight excluding hydrogens is 292 g/mol. The van der Waals surface area contributed by atoms with E-state index in [2.05, 4.69) is 73.0 Å². The van der Waals surface area contributed by atoms with Crippen LogP contribution in [-0.4, -0.2) is 0 Å². The van der Waals surface area contributed by atoms with Crippen LogP contribution in [0.15, 0.2) is 48.5 Å². The van der Waals surface area contributed by atoms with Gasteiger partial charge in [0.1, 0.15) is 0 Å². The van der Waals surface area contributed by atoms with Crippen LogP contribution >= 0.6 is 0 Å². The highest BCUT2D eigenvalue weighted by molar-refractivity contribution is 5.80. The smallest absolute Gasteiger partial charge is 0.0424 e. The second kappa shape index (κ2) is 4.88. The molecule has 0 fully saturated rings. The van der Waals surface area contributed by atoms with Gasteiger partial charge >= 0.3 is 0 Å². The lowest BCUT2D eigenvalue weighted by Crippen LogP contribution is -2.12. The SMILES string of the molecule is Cc1ccc2c(c1)Cc1cc3c(cc1N2)Cc1cc(C)ccc1N3. The molecule has 3 aromatic carbocycles. The average Bonchev–Trinajstić information content (AvgIpc) is 2.56. The minimum atomic E-state index is 0.995. The summed E-state index contributed by atoms with van der Waals surface area (Å²) < 4.78 is 0. The van der Waals surface area contributed by atoms with Crippen molar-refractivity contribution in [2.45, 2.75) is 26.7 Å². The standard InChI is InChI=1S/C22H20N2/c1-13-3-5-19-15(7-13)9-17-11-22-18(12-21(17)23-19)10-16-8-14(2)4-6-20(16)24-22/h3-8,11-12,23-24H,9-10H2,1-2H3. The van der Waals surface area contributed by atoms with E-state index >= 15 is 0 Å². The van der Waals surface area contributed by atoms with Gasteiger partial charge in [0, 0.05) is 35.6 Å². The fraction of sp³-hybridized carbons (Fsp3) is 0.182. The van der Waals surface area contributed by atoms with Crippen LogP contribution in [0.4, 0.5) is 22.7 Å². The van der Waals surface area contributed by atoms with Gasteiger partial charge in [-0.3, -0.25) is 0 Å². The molecule has 5 rings (SSSR count). The zero-order chi connectivity index (χ0) is 16.3. The Kier molecular flexibility index (Phi) is 2.78. The van der Waals surface area contributed by atoms with E-state index in [0.29, 0.717) is 0 Å². The summed E-state index contributed by atoms with van der Waals surface area (Å²) in [4.78, 5) is 0. The average molecular weight is 312 g/mol. The molecular formula is C22H20N2. The Labute approximate surface area is 142 Å². The van der Waals surface area contributed by atoms with Gasteiger partial charge in [0.25, 0.3) is 0 Å². The van der Waals surface area contributed by atoms with Gasteiger partial charge < -0.3 is 10.6 Å². The van der Waals surface area contributed by atoms with Crippen molar-refractivity contribution < 1.29 is 0 Å². The number of aryl methyl sites for hydroxylation is 2. The van der Waals surface area contributed by atoms with E-state index in [-0.39, 0.29) is 0 Å². The number of fused-ring (bicyclic) bond motifs is 4. The van der Waals surface area contributed by atoms with Crippen molar-refractivity contribution in [3.8, 4) is 0 Å². The topological polar surface area (TPSA) is 24.1 Å². The fourth-order valence-corrected chi connectivity index (χ4v) is 3.90. The van der Waals surface area contributed by atoms with Crippen LogP contribution in [-0.2, 0) is 12.8 Å². The predicted octanol–water partition coefficient (Wildman–Crippen LogP) is 5.60. The van der Waals surface area contributed by atoms with Crippen molar-refractivity contribution >= 4 is 22.7 Å². The van der Waals surface area contributed by atoms with Crippen molar-refractivity contribution in [2.24, 2.45) is 0 Å². The zero-order valence-electron chi connectivity index (χ0n) is 14.0. The Morgan fingerprint density at radius 3 is 1.42 bits per heavy atom. The van der Waals surface area contributed by atoms with Crippen LogP contribution in [0.2, 0.25) is 0 Å². The zero-order valence-corrected chi connectivity index (χ0v) is 14.0. The maximum Gasteiger partial charge on any atom is 0.0424 e. The van der Waals surface area contributed by atoms with Crippen LogP contribution in [0, 0.1) is 13.8 Å². The number of hydrogen-bond donors (Lipinski definition) is 2. The van der Waals surface area contributed by atoms with Gasteiger partial charge in [-0.25, -0.2) is 0 Å². The lowest BCUT2D eigenvalue weighted by atomic mass is 9.90. The third-order valence-corrected chi connectivity index (χ3v) is 5.15. The Bertz CT molecular complexity index is 904. The molecule has 2 heteroatoms. The van der Waals surface area contributed by atoms with Gasteiger partial charge in [-0.2, -0.15) is 0 Å². The Hall–Kier alpha value is -2.74. The first-order valence-electron chi connectivity index (χ1n) is 8.54. The molecule has 0 aliphatic carbocycles. The van der Waals surface area contributed by atoms with Crippen LogP contribution in [0.3, 0.4) is 0 Å². The predicted molar refractivity (Wildman–Crippen MR) is 101 cm³/mol. The molecule has 0 aromatic heterocycles. The lowest BCUT2D eigenvalue weighted by molar-refractivity contribution is 1.11. The maximum atomic E-state index is 3.63.